The van der Waals surface area contributed by atoms with E-state index in [-0.39, 0.29) is 6.10 Å². The SMILES string of the molecule is CCC1COC(C)CN1C(=S)NCC(C)C. The third kappa shape index (κ3) is 3.91. The molecule has 1 aliphatic rings. The maximum absolute atomic E-state index is 5.66. The summed E-state index contributed by atoms with van der Waals surface area (Å²) in [4.78, 5) is 2.28. The molecule has 1 saturated heterocycles. The van der Waals surface area contributed by atoms with E-state index >= 15 is 0 Å². The summed E-state index contributed by atoms with van der Waals surface area (Å²) in [6, 6.07) is 0.434. The zero-order valence-corrected chi connectivity index (χ0v) is 11.6. The minimum Gasteiger partial charge on any atom is -0.375 e. The highest BCUT2D eigenvalue weighted by Gasteiger charge is 2.27. The van der Waals surface area contributed by atoms with Crippen LogP contribution in [-0.4, -0.2) is 41.9 Å². The molecule has 0 bridgehead atoms. The van der Waals surface area contributed by atoms with E-state index in [0.717, 1.165) is 31.2 Å². The second-order valence-electron chi connectivity index (χ2n) is 4.94. The average molecular weight is 244 g/mol. The molecule has 2 unspecified atom stereocenters. The molecule has 0 aromatic carbocycles. The smallest absolute Gasteiger partial charge is 0.169 e. The second-order valence-corrected chi connectivity index (χ2v) is 5.32. The van der Waals surface area contributed by atoms with Gasteiger partial charge in [-0.05, 0) is 31.5 Å². The van der Waals surface area contributed by atoms with Gasteiger partial charge in [-0.25, -0.2) is 0 Å². The van der Waals surface area contributed by atoms with Gasteiger partial charge in [0.2, 0.25) is 0 Å². The number of thiocarbonyl (C=S) groups is 1. The Hall–Kier alpha value is -0.350. The number of rotatable bonds is 3. The largest absolute Gasteiger partial charge is 0.375 e. The van der Waals surface area contributed by atoms with Gasteiger partial charge in [-0.1, -0.05) is 20.8 Å². The first kappa shape index (κ1) is 13.7. The second kappa shape index (κ2) is 6.40. The van der Waals surface area contributed by atoms with E-state index in [2.05, 4.69) is 37.9 Å². The van der Waals surface area contributed by atoms with E-state index in [4.69, 9.17) is 17.0 Å². The summed E-state index contributed by atoms with van der Waals surface area (Å²) < 4.78 is 5.66. The van der Waals surface area contributed by atoms with Crippen molar-refractivity contribution in [1.29, 1.82) is 0 Å². The lowest BCUT2D eigenvalue weighted by atomic mass is 10.1. The molecule has 0 spiro atoms. The Bertz CT molecular complexity index is 233. The molecular formula is C12H24N2OS. The van der Waals surface area contributed by atoms with Gasteiger partial charge in [0.05, 0.1) is 18.8 Å². The number of hydrogen-bond acceptors (Lipinski definition) is 2. The molecule has 3 nitrogen and oxygen atoms in total. The van der Waals surface area contributed by atoms with Crippen LogP contribution in [-0.2, 0) is 4.74 Å². The molecular weight excluding hydrogens is 220 g/mol. The molecule has 1 heterocycles. The average Bonchev–Trinajstić information content (AvgIpc) is 2.25. The minimum absolute atomic E-state index is 0.279. The van der Waals surface area contributed by atoms with E-state index < -0.39 is 0 Å². The van der Waals surface area contributed by atoms with Gasteiger partial charge in [-0.3, -0.25) is 0 Å². The molecule has 1 fully saturated rings. The molecule has 1 aliphatic heterocycles. The van der Waals surface area contributed by atoms with E-state index in [0.29, 0.717) is 12.0 Å². The fraction of sp³-hybridized carbons (Fsp3) is 0.917. The van der Waals surface area contributed by atoms with Gasteiger partial charge >= 0.3 is 0 Å². The third-order valence-corrected chi connectivity index (χ3v) is 3.24. The summed E-state index contributed by atoms with van der Waals surface area (Å²) in [7, 11) is 0. The van der Waals surface area contributed by atoms with Crippen molar-refractivity contribution in [3.05, 3.63) is 0 Å². The van der Waals surface area contributed by atoms with Crippen LogP contribution in [0.5, 0.6) is 0 Å². The molecule has 16 heavy (non-hydrogen) atoms. The van der Waals surface area contributed by atoms with Crippen molar-refractivity contribution in [2.45, 2.75) is 46.3 Å². The van der Waals surface area contributed by atoms with Gasteiger partial charge in [0, 0.05) is 13.1 Å². The lowest BCUT2D eigenvalue weighted by Gasteiger charge is -2.40. The van der Waals surface area contributed by atoms with Crippen LogP contribution < -0.4 is 5.32 Å². The monoisotopic (exact) mass is 244 g/mol. The third-order valence-electron chi connectivity index (χ3n) is 2.86. The molecule has 94 valence electrons. The standard InChI is InChI=1S/C12H24N2OS/c1-5-11-8-15-10(4)7-14(11)12(16)13-6-9(2)3/h9-11H,5-8H2,1-4H3,(H,13,16). The summed E-state index contributed by atoms with van der Waals surface area (Å²) in [5.74, 6) is 0.622. The molecule has 0 aromatic heterocycles. The van der Waals surface area contributed by atoms with E-state index in [1.807, 2.05) is 0 Å². The van der Waals surface area contributed by atoms with E-state index in [9.17, 15) is 0 Å². The first-order valence-electron chi connectivity index (χ1n) is 6.20. The molecule has 0 radical (unpaired) electrons. The molecule has 0 aliphatic carbocycles. The Morgan fingerprint density at radius 1 is 1.56 bits per heavy atom. The topological polar surface area (TPSA) is 24.5 Å². The predicted octanol–water partition coefficient (Wildman–Crippen LogP) is 2.02. The number of nitrogens with one attached hydrogen (secondary N) is 1. The van der Waals surface area contributed by atoms with Gasteiger partial charge in [-0.15, -0.1) is 0 Å². The fourth-order valence-electron chi connectivity index (χ4n) is 1.82. The van der Waals surface area contributed by atoms with Crippen molar-refractivity contribution in [3.63, 3.8) is 0 Å². The molecule has 1 N–H and O–H groups in total. The number of morpholine rings is 1. The zero-order chi connectivity index (χ0) is 12.1. The van der Waals surface area contributed by atoms with Crippen molar-refractivity contribution >= 4 is 17.3 Å². The first-order chi connectivity index (χ1) is 7.54. The molecule has 4 heteroatoms. The maximum Gasteiger partial charge on any atom is 0.169 e. The van der Waals surface area contributed by atoms with Crippen LogP contribution in [0, 0.1) is 5.92 Å². The lowest BCUT2D eigenvalue weighted by molar-refractivity contribution is -0.0287. The first-order valence-corrected chi connectivity index (χ1v) is 6.61. The van der Waals surface area contributed by atoms with Gasteiger partial charge in [0.25, 0.3) is 0 Å². The Labute approximate surface area is 105 Å². The van der Waals surface area contributed by atoms with Crippen LogP contribution in [0.15, 0.2) is 0 Å². The van der Waals surface area contributed by atoms with Crippen molar-refractivity contribution < 1.29 is 4.74 Å². The summed E-state index contributed by atoms with van der Waals surface area (Å²) in [6.07, 6.45) is 1.36. The van der Waals surface area contributed by atoms with Crippen molar-refractivity contribution in [2.24, 2.45) is 5.92 Å². The molecule has 2 atom stereocenters. The summed E-state index contributed by atoms with van der Waals surface area (Å²) >= 11 is 5.45. The van der Waals surface area contributed by atoms with Crippen molar-refractivity contribution in [1.82, 2.24) is 10.2 Å². The van der Waals surface area contributed by atoms with Gasteiger partial charge in [0.15, 0.2) is 5.11 Å². The van der Waals surface area contributed by atoms with Crippen LogP contribution in [0.25, 0.3) is 0 Å². The Kier molecular flexibility index (Phi) is 5.49. The predicted molar refractivity (Wildman–Crippen MR) is 71.6 cm³/mol. The normalized spacial score (nSPS) is 25.9. The van der Waals surface area contributed by atoms with Crippen LogP contribution in [0.1, 0.15) is 34.1 Å². The van der Waals surface area contributed by atoms with Crippen LogP contribution in [0.4, 0.5) is 0 Å². The molecule has 0 saturated carbocycles. The Morgan fingerprint density at radius 3 is 2.81 bits per heavy atom. The summed E-state index contributed by atoms with van der Waals surface area (Å²) in [5.41, 5.74) is 0. The van der Waals surface area contributed by atoms with Crippen LogP contribution in [0.2, 0.25) is 0 Å². The molecule has 0 amide bonds. The van der Waals surface area contributed by atoms with Crippen molar-refractivity contribution in [2.75, 3.05) is 19.7 Å². The van der Waals surface area contributed by atoms with Gasteiger partial charge in [-0.2, -0.15) is 0 Å². The lowest BCUT2D eigenvalue weighted by Crippen LogP contribution is -2.54. The fourth-order valence-corrected chi connectivity index (χ4v) is 2.13. The highest BCUT2D eigenvalue weighted by atomic mass is 32.1. The van der Waals surface area contributed by atoms with Gasteiger partial charge in [0.1, 0.15) is 0 Å². The zero-order valence-electron chi connectivity index (χ0n) is 10.8. The summed E-state index contributed by atoms with van der Waals surface area (Å²) in [6.45, 7) is 11.3. The number of ether oxygens (including phenoxy) is 1. The highest BCUT2D eigenvalue weighted by molar-refractivity contribution is 7.80. The van der Waals surface area contributed by atoms with Crippen molar-refractivity contribution in [3.8, 4) is 0 Å². The van der Waals surface area contributed by atoms with Crippen LogP contribution in [0.3, 0.4) is 0 Å². The summed E-state index contributed by atoms with van der Waals surface area (Å²) in [5, 5.41) is 4.22. The van der Waals surface area contributed by atoms with Gasteiger partial charge < -0.3 is 15.0 Å². The number of hydrogen-bond donors (Lipinski definition) is 1. The van der Waals surface area contributed by atoms with E-state index in [1.54, 1.807) is 0 Å². The maximum atomic E-state index is 5.66. The number of nitrogens with zero attached hydrogens (tertiary/aromatic N) is 1. The highest BCUT2D eigenvalue weighted by Crippen LogP contribution is 2.14. The molecule has 1 rings (SSSR count). The minimum atomic E-state index is 0.279. The Balaban J connectivity index is 2.49. The molecule has 0 aromatic rings. The Morgan fingerprint density at radius 2 is 2.25 bits per heavy atom. The quantitative estimate of drug-likeness (QED) is 0.768. The van der Waals surface area contributed by atoms with Crippen LogP contribution >= 0.6 is 12.2 Å². The van der Waals surface area contributed by atoms with E-state index in [1.165, 1.54) is 0 Å².